The molecule has 0 radical (unpaired) electrons. The molecule has 2 heterocycles. The minimum Gasteiger partial charge on any atom is -0.507 e. The molecule has 25 heavy (non-hydrogen) atoms. The zero-order valence-electron chi connectivity index (χ0n) is 13.7. The number of hydrogen-bond acceptors (Lipinski definition) is 4. The van der Waals surface area contributed by atoms with Gasteiger partial charge in [-0.2, -0.15) is 0 Å². The summed E-state index contributed by atoms with van der Waals surface area (Å²) in [5.74, 6) is 0.356. The van der Waals surface area contributed by atoms with Crippen molar-refractivity contribution in [1.29, 1.82) is 0 Å². The maximum Gasteiger partial charge on any atom is 0.123 e. The van der Waals surface area contributed by atoms with Gasteiger partial charge < -0.3 is 10.4 Å². The summed E-state index contributed by atoms with van der Waals surface area (Å²) in [6, 6.07) is 16.7. The van der Waals surface area contributed by atoms with Crippen molar-refractivity contribution < 1.29 is 5.11 Å². The van der Waals surface area contributed by atoms with Crippen LogP contribution in [0, 0.1) is 0 Å². The molecule has 0 spiro atoms. The Morgan fingerprint density at radius 1 is 0.920 bits per heavy atom. The van der Waals surface area contributed by atoms with Crippen LogP contribution in [0.25, 0.3) is 10.8 Å². The van der Waals surface area contributed by atoms with Crippen molar-refractivity contribution in [2.75, 3.05) is 26.2 Å². The maximum atomic E-state index is 10.2. The summed E-state index contributed by atoms with van der Waals surface area (Å²) in [5, 5.41) is 17.9. The Morgan fingerprint density at radius 3 is 2.32 bits per heavy atom. The Kier molecular flexibility index (Phi) is 7.11. The Bertz CT molecular complexity index is 804. The van der Waals surface area contributed by atoms with Crippen molar-refractivity contribution in [1.82, 2.24) is 10.2 Å². The minimum atomic E-state index is 0. The van der Waals surface area contributed by atoms with Crippen LogP contribution in [0.5, 0.6) is 5.75 Å². The first kappa shape index (κ1) is 20.0. The highest BCUT2D eigenvalue weighted by Crippen LogP contribution is 2.38. The molecular weight excluding hydrogens is 375 g/mol. The first-order valence-electron chi connectivity index (χ1n) is 8.03. The smallest absolute Gasteiger partial charge is 0.123 e. The molecule has 1 atom stereocenters. The molecule has 1 saturated heterocycles. The predicted molar refractivity (Wildman–Crippen MR) is 111 cm³/mol. The maximum absolute atomic E-state index is 10.2. The van der Waals surface area contributed by atoms with Gasteiger partial charge in [-0.3, -0.25) is 4.90 Å². The average Bonchev–Trinajstić information content (AvgIpc) is 3.13. The number of thiophene rings is 1. The molecule has 1 aromatic heterocycles. The lowest BCUT2D eigenvalue weighted by atomic mass is 9.95. The van der Waals surface area contributed by atoms with Crippen LogP contribution >= 0.6 is 36.2 Å². The topological polar surface area (TPSA) is 35.5 Å². The molecular formula is C19H22Cl2N2OS. The van der Waals surface area contributed by atoms with Gasteiger partial charge in [-0.1, -0.05) is 36.4 Å². The molecule has 3 aromatic rings. The van der Waals surface area contributed by atoms with Crippen molar-refractivity contribution in [2.45, 2.75) is 6.04 Å². The summed E-state index contributed by atoms with van der Waals surface area (Å²) in [5.41, 5.74) is 1.28. The van der Waals surface area contributed by atoms with E-state index in [4.69, 9.17) is 0 Å². The quantitative estimate of drug-likeness (QED) is 0.686. The third-order valence-electron chi connectivity index (χ3n) is 4.56. The van der Waals surface area contributed by atoms with E-state index in [0.717, 1.165) is 37.0 Å². The summed E-state index contributed by atoms with van der Waals surface area (Å²) in [4.78, 5) is 3.91. The lowest BCUT2D eigenvalue weighted by Crippen LogP contribution is -2.45. The normalized spacial score (nSPS) is 16.0. The number of nitrogens with zero attached hydrogens (tertiary/aromatic N) is 1. The highest BCUT2D eigenvalue weighted by molar-refractivity contribution is 7.10. The van der Waals surface area contributed by atoms with Crippen molar-refractivity contribution in [2.24, 2.45) is 0 Å². The van der Waals surface area contributed by atoms with Crippen LogP contribution in [-0.2, 0) is 0 Å². The van der Waals surface area contributed by atoms with Gasteiger partial charge in [-0.15, -0.1) is 36.2 Å². The molecule has 0 unspecified atom stereocenters. The van der Waals surface area contributed by atoms with E-state index < -0.39 is 0 Å². The largest absolute Gasteiger partial charge is 0.507 e. The molecule has 4 rings (SSSR count). The number of hydrogen-bond donors (Lipinski definition) is 2. The van der Waals surface area contributed by atoms with Gasteiger partial charge in [0, 0.05) is 36.4 Å². The molecule has 1 aliphatic rings. The molecule has 0 bridgehead atoms. The van der Waals surface area contributed by atoms with Crippen LogP contribution in [0.15, 0.2) is 53.9 Å². The van der Waals surface area contributed by atoms with E-state index in [1.807, 2.05) is 29.5 Å². The summed E-state index contributed by atoms with van der Waals surface area (Å²) in [6.07, 6.45) is 0. The summed E-state index contributed by atoms with van der Waals surface area (Å²) < 4.78 is 0. The van der Waals surface area contributed by atoms with Gasteiger partial charge >= 0.3 is 0 Å². The fourth-order valence-corrected chi connectivity index (χ4v) is 4.34. The highest BCUT2D eigenvalue weighted by atomic mass is 35.5. The molecule has 1 fully saturated rings. The Labute approximate surface area is 164 Å². The van der Waals surface area contributed by atoms with E-state index >= 15 is 0 Å². The number of rotatable bonds is 3. The van der Waals surface area contributed by atoms with Gasteiger partial charge in [-0.05, 0) is 28.5 Å². The van der Waals surface area contributed by atoms with E-state index in [-0.39, 0.29) is 30.9 Å². The minimum absolute atomic E-state index is 0. The van der Waals surface area contributed by atoms with Gasteiger partial charge in [0.1, 0.15) is 5.75 Å². The van der Waals surface area contributed by atoms with E-state index in [1.54, 1.807) is 0 Å². The van der Waals surface area contributed by atoms with Crippen LogP contribution in [0.4, 0.5) is 0 Å². The van der Waals surface area contributed by atoms with Gasteiger partial charge in [-0.25, -0.2) is 0 Å². The number of phenolic OH excluding ortho intramolecular Hbond substituents is 1. The number of halogens is 2. The second kappa shape index (κ2) is 8.88. The SMILES string of the molecule is Cl.Cl.Oc1ccc([C@H](c2cccs2)N2CCNCC2)c2ccccc12. The molecule has 0 saturated carbocycles. The van der Waals surface area contributed by atoms with E-state index in [2.05, 4.69) is 45.9 Å². The summed E-state index contributed by atoms with van der Waals surface area (Å²) in [6.45, 7) is 4.13. The zero-order chi connectivity index (χ0) is 15.6. The van der Waals surface area contributed by atoms with Crippen LogP contribution in [0.1, 0.15) is 16.5 Å². The summed E-state index contributed by atoms with van der Waals surface area (Å²) in [7, 11) is 0. The lowest BCUT2D eigenvalue weighted by molar-refractivity contribution is 0.201. The van der Waals surface area contributed by atoms with E-state index in [9.17, 15) is 5.11 Å². The second-order valence-corrected chi connectivity index (χ2v) is 6.90. The van der Waals surface area contributed by atoms with Crippen LogP contribution in [0.3, 0.4) is 0 Å². The molecule has 2 aromatic carbocycles. The Balaban J connectivity index is 0.00000113. The number of benzene rings is 2. The predicted octanol–water partition coefficient (Wildman–Crippen LogP) is 4.45. The van der Waals surface area contributed by atoms with E-state index in [0.29, 0.717) is 5.75 Å². The number of phenols is 1. The first-order chi connectivity index (χ1) is 11.3. The van der Waals surface area contributed by atoms with Crippen LogP contribution < -0.4 is 5.32 Å². The standard InChI is InChI=1S/C19H20N2OS.2ClH/c22-17-8-7-16(14-4-1-2-5-15(14)17)19(18-6-3-13-23-18)21-11-9-20-10-12-21;;/h1-8,13,19-20,22H,9-12H2;2*1H/t19-;;/m1../s1. The molecule has 2 N–H and O–H groups in total. The van der Waals surface area contributed by atoms with Gasteiger partial charge in [0.2, 0.25) is 0 Å². The fraction of sp³-hybridized carbons (Fsp3) is 0.263. The Morgan fingerprint density at radius 2 is 1.64 bits per heavy atom. The zero-order valence-corrected chi connectivity index (χ0v) is 16.2. The molecule has 0 amide bonds. The third kappa shape index (κ3) is 3.94. The van der Waals surface area contributed by atoms with E-state index in [1.165, 1.54) is 10.4 Å². The second-order valence-electron chi connectivity index (χ2n) is 5.92. The van der Waals surface area contributed by atoms with Crippen LogP contribution in [-0.4, -0.2) is 36.2 Å². The highest BCUT2D eigenvalue weighted by Gasteiger charge is 2.26. The van der Waals surface area contributed by atoms with Crippen molar-refractivity contribution >= 4 is 46.9 Å². The molecule has 1 aliphatic heterocycles. The molecule has 6 heteroatoms. The molecule has 134 valence electrons. The van der Waals surface area contributed by atoms with Gasteiger partial charge in [0.25, 0.3) is 0 Å². The molecule has 0 aliphatic carbocycles. The number of aromatic hydroxyl groups is 1. The third-order valence-corrected chi connectivity index (χ3v) is 5.48. The van der Waals surface area contributed by atoms with Crippen molar-refractivity contribution in [3.63, 3.8) is 0 Å². The lowest BCUT2D eigenvalue weighted by Gasteiger charge is -2.35. The number of nitrogens with one attached hydrogen (secondary N) is 1. The van der Waals surface area contributed by atoms with Crippen molar-refractivity contribution in [3.8, 4) is 5.75 Å². The average molecular weight is 397 g/mol. The van der Waals surface area contributed by atoms with Crippen molar-refractivity contribution in [3.05, 3.63) is 64.4 Å². The number of piperazine rings is 1. The monoisotopic (exact) mass is 396 g/mol. The number of fused-ring (bicyclic) bond motifs is 1. The van der Waals surface area contributed by atoms with Gasteiger partial charge in [0.15, 0.2) is 0 Å². The first-order valence-corrected chi connectivity index (χ1v) is 8.91. The van der Waals surface area contributed by atoms with Crippen LogP contribution in [0.2, 0.25) is 0 Å². The summed E-state index contributed by atoms with van der Waals surface area (Å²) >= 11 is 1.81. The molecule has 3 nitrogen and oxygen atoms in total. The Hall–Kier alpha value is -1.30. The fourth-order valence-electron chi connectivity index (χ4n) is 3.46. The van der Waals surface area contributed by atoms with Gasteiger partial charge in [0.05, 0.1) is 6.04 Å².